The molecule has 3 rings (SSSR count). The van der Waals surface area contributed by atoms with Crippen LogP contribution < -0.4 is 20.7 Å². The lowest BCUT2D eigenvalue weighted by molar-refractivity contribution is 0.0522. The number of halogens is 1. The second kappa shape index (κ2) is 10.6. The number of carbonyl (C=O) groups excluding carboxylic acids is 1. The summed E-state index contributed by atoms with van der Waals surface area (Å²) < 4.78 is 17.8. The highest BCUT2D eigenvalue weighted by molar-refractivity contribution is 7.98. The van der Waals surface area contributed by atoms with Gasteiger partial charge in [-0.05, 0) is 36.9 Å². The number of nitrogens with zero attached hydrogens (tertiary/aromatic N) is 2. The van der Waals surface area contributed by atoms with Gasteiger partial charge in [0.15, 0.2) is 11.5 Å². The predicted octanol–water partition coefficient (Wildman–Crippen LogP) is 3.62. The van der Waals surface area contributed by atoms with Gasteiger partial charge in [-0.2, -0.15) is 0 Å². The van der Waals surface area contributed by atoms with Gasteiger partial charge in [-0.15, -0.1) is 11.8 Å². The molecule has 33 heavy (non-hydrogen) atoms. The molecule has 0 fully saturated rings. The number of esters is 1. The summed E-state index contributed by atoms with van der Waals surface area (Å²) in [5, 5.41) is 0.509. The third kappa shape index (κ3) is 4.94. The van der Waals surface area contributed by atoms with Crippen LogP contribution >= 0.6 is 23.4 Å². The normalized spacial score (nSPS) is 10.7. The summed E-state index contributed by atoms with van der Waals surface area (Å²) in [4.78, 5) is 39.9. The molecular weight excluding hydrogens is 468 g/mol. The minimum absolute atomic E-state index is 0.0745. The Morgan fingerprint density at radius 1 is 1.09 bits per heavy atom. The number of aromatic nitrogens is 2. The quantitative estimate of drug-likeness (QED) is 0.352. The van der Waals surface area contributed by atoms with Crippen molar-refractivity contribution in [3.8, 4) is 17.2 Å². The number of hydrogen-bond acceptors (Lipinski definition) is 7. The topological polar surface area (TPSA) is 88.8 Å². The van der Waals surface area contributed by atoms with E-state index < -0.39 is 17.2 Å². The van der Waals surface area contributed by atoms with Crippen LogP contribution in [0.2, 0.25) is 5.02 Å². The van der Waals surface area contributed by atoms with Gasteiger partial charge in [0.1, 0.15) is 5.56 Å². The Hall–Kier alpha value is -3.17. The lowest BCUT2D eigenvalue weighted by Gasteiger charge is -2.16. The summed E-state index contributed by atoms with van der Waals surface area (Å²) in [6.45, 7) is 1.64. The standard InChI is InChI=1S/C23H23ClN2O6S/c1-5-32-22(28)16-13-25(15-9-10-18(30-2)19(11-15)31-3)23(29)26(21(16)27)12-14-7-6-8-17(24)20(14)33-4/h6-11,13H,5,12H2,1-4H3. The Morgan fingerprint density at radius 3 is 2.45 bits per heavy atom. The molecule has 0 saturated carbocycles. The summed E-state index contributed by atoms with van der Waals surface area (Å²) >= 11 is 7.70. The van der Waals surface area contributed by atoms with E-state index in [2.05, 4.69) is 0 Å². The highest BCUT2D eigenvalue weighted by atomic mass is 35.5. The molecule has 1 heterocycles. The number of carbonyl (C=O) groups is 1. The van der Waals surface area contributed by atoms with Gasteiger partial charge in [0.2, 0.25) is 0 Å². The molecule has 0 radical (unpaired) electrons. The molecule has 0 amide bonds. The van der Waals surface area contributed by atoms with Crippen LogP contribution in [0.3, 0.4) is 0 Å². The van der Waals surface area contributed by atoms with Gasteiger partial charge >= 0.3 is 11.7 Å². The van der Waals surface area contributed by atoms with Crippen LogP contribution in [-0.2, 0) is 11.3 Å². The summed E-state index contributed by atoms with van der Waals surface area (Å²) in [5.74, 6) is 0.0373. The average molecular weight is 491 g/mol. The molecule has 174 valence electrons. The van der Waals surface area contributed by atoms with Crippen LogP contribution in [0.25, 0.3) is 5.69 Å². The smallest absolute Gasteiger partial charge is 0.345 e. The molecule has 0 aliphatic heterocycles. The molecule has 0 aliphatic carbocycles. The molecule has 0 aliphatic rings. The average Bonchev–Trinajstić information content (AvgIpc) is 2.81. The first kappa shape index (κ1) is 24.5. The Morgan fingerprint density at radius 2 is 1.82 bits per heavy atom. The molecule has 0 saturated heterocycles. The number of benzene rings is 2. The van der Waals surface area contributed by atoms with Gasteiger partial charge < -0.3 is 14.2 Å². The first-order valence-corrected chi connectivity index (χ1v) is 11.5. The van der Waals surface area contributed by atoms with Crippen molar-refractivity contribution in [2.24, 2.45) is 0 Å². The molecule has 0 bridgehead atoms. The monoisotopic (exact) mass is 490 g/mol. The zero-order chi connectivity index (χ0) is 24.1. The lowest BCUT2D eigenvalue weighted by atomic mass is 10.2. The molecule has 10 heteroatoms. The fraction of sp³-hybridized carbons (Fsp3) is 0.261. The van der Waals surface area contributed by atoms with E-state index in [1.807, 2.05) is 6.26 Å². The number of hydrogen-bond donors (Lipinski definition) is 0. The Balaban J connectivity index is 2.27. The summed E-state index contributed by atoms with van der Waals surface area (Å²) in [6.07, 6.45) is 3.04. The van der Waals surface area contributed by atoms with E-state index in [1.165, 1.54) is 36.7 Å². The van der Waals surface area contributed by atoms with Crippen molar-refractivity contribution < 1.29 is 19.0 Å². The van der Waals surface area contributed by atoms with Gasteiger partial charge in [-0.1, -0.05) is 23.7 Å². The van der Waals surface area contributed by atoms with Crippen molar-refractivity contribution in [2.75, 3.05) is 27.1 Å². The maximum absolute atomic E-state index is 13.4. The van der Waals surface area contributed by atoms with Crippen molar-refractivity contribution in [2.45, 2.75) is 18.4 Å². The summed E-state index contributed by atoms with van der Waals surface area (Å²) in [5.41, 5.74) is -0.587. The fourth-order valence-corrected chi connectivity index (χ4v) is 4.41. The van der Waals surface area contributed by atoms with Gasteiger partial charge in [0.25, 0.3) is 5.56 Å². The van der Waals surface area contributed by atoms with Gasteiger partial charge in [0.05, 0.1) is 38.1 Å². The summed E-state index contributed by atoms with van der Waals surface area (Å²) in [7, 11) is 2.97. The minimum atomic E-state index is -0.818. The summed E-state index contributed by atoms with van der Waals surface area (Å²) in [6, 6.07) is 10.1. The minimum Gasteiger partial charge on any atom is -0.493 e. The van der Waals surface area contributed by atoms with Crippen molar-refractivity contribution in [3.05, 3.63) is 79.6 Å². The first-order valence-electron chi connectivity index (χ1n) is 9.93. The van der Waals surface area contributed by atoms with Crippen molar-refractivity contribution in [1.82, 2.24) is 9.13 Å². The zero-order valence-electron chi connectivity index (χ0n) is 18.6. The molecule has 0 unspecified atom stereocenters. The fourth-order valence-electron chi connectivity index (χ4n) is 3.33. The van der Waals surface area contributed by atoms with Gasteiger partial charge in [-0.3, -0.25) is 13.9 Å². The predicted molar refractivity (Wildman–Crippen MR) is 128 cm³/mol. The Bertz CT molecular complexity index is 1300. The van der Waals surface area contributed by atoms with E-state index in [0.29, 0.717) is 27.8 Å². The van der Waals surface area contributed by atoms with Crippen LogP contribution in [0.4, 0.5) is 0 Å². The highest BCUT2D eigenvalue weighted by Gasteiger charge is 2.21. The third-order valence-electron chi connectivity index (χ3n) is 4.89. The van der Waals surface area contributed by atoms with Crippen LogP contribution in [-0.4, -0.2) is 42.2 Å². The van der Waals surface area contributed by atoms with Crippen LogP contribution in [0.15, 0.2) is 57.1 Å². The number of ether oxygens (including phenoxy) is 3. The zero-order valence-corrected chi connectivity index (χ0v) is 20.2. The molecular formula is C23H23ClN2O6S. The van der Waals surface area contributed by atoms with Crippen LogP contribution in [0.1, 0.15) is 22.8 Å². The molecule has 0 N–H and O–H groups in total. The number of thioether (sulfide) groups is 1. The molecule has 1 aromatic heterocycles. The number of methoxy groups -OCH3 is 2. The van der Waals surface area contributed by atoms with E-state index >= 15 is 0 Å². The Labute approximate surface area is 199 Å². The maximum Gasteiger partial charge on any atom is 0.345 e. The van der Waals surface area contributed by atoms with E-state index in [4.69, 9.17) is 25.8 Å². The van der Waals surface area contributed by atoms with Crippen molar-refractivity contribution >= 4 is 29.3 Å². The Kier molecular flexibility index (Phi) is 7.88. The van der Waals surface area contributed by atoms with Crippen LogP contribution in [0.5, 0.6) is 11.5 Å². The molecule has 3 aromatic rings. The highest BCUT2D eigenvalue weighted by Crippen LogP contribution is 2.30. The van der Waals surface area contributed by atoms with E-state index in [-0.39, 0.29) is 18.7 Å². The molecule has 2 aromatic carbocycles. The maximum atomic E-state index is 13.4. The lowest BCUT2D eigenvalue weighted by Crippen LogP contribution is -2.42. The van der Waals surface area contributed by atoms with Crippen LogP contribution in [0, 0.1) is 0 Å². The largest absolute Gasteiger partial charge is 0.493 e. The van der Waals surface area contributed by atoms with Gasteiger partial charge in [-0.25, -0.2) is 9.59 Å². The van der Waals surface area contributed by atoms with Crippen molar-refractivity contribution in [1.29, 1.82) is 0 Å². The van der Waals surface area contributed by atoms with Crippen molar-refractivity contribution in [3.63, 3.8) is 0 Å². The molecule has 0 spiro atoms. The van der Waals surface area contributed by atoms with E-state index in [0.717, 1.165) is 9.46 Å². The van der Waals surface area contributed by atoms with Gasteiger partial charge in [0, 0.05) is 17.2 Å². The molecule has 0 atom stereocenters. The van der Waals surface area contributed by atoms with E-state index in [1.54, 1.807) is 43.3 Å². The number of rotatable bonds is 8. The SMILES string of the molecule is CCOC(=O)c1cn(-c2ccc(OC)c(OC)c2)c(=O)n(Cc2cccc(Cl)c2SC)c1=O. The third-order valence-corrected chi connectivity index (χ3v) is 6.21. The second-order valence-corrected chi connectivity index (χ2v) is 8.00. The molecule has 8 nitrogen and oxygen atoms in total. The first-order chi connectivity index (χ1) is 15.9. The van der Waals surface area contributed by atoms with E-state index in [9.17, 15) is 14.4 Å². The second-order valence-electron chi connectivity index (χ2n) is 6.78.